The first-order chi connectivity index (χ1) is 14.0. The molecule has 0 aliphatic carbocycles. The molecule has 29 heavy (non-hydrogen) atoms. The van der Waals surface area contributed by atoms with Crippen LogP contribution in [0, 0.1) is 0 Å². The molecular formula is C21H24N4O4. The van der Waals surface area contributed by atoms with Crippen molar-refractivity contribution in [3.63, 3.8) is 0 Å². The van der Waals surface area contributed by atoms with E-state index in [4.69, 9.17) is 9.47 Å². The van der Waals surface area contributed by atoms with E-state index < -0.39 is 5.79 Å². The fourth-order valence-electron chi connectivity index (χ4n) is 3.70. The molecule has 3 heterocycles. The lowest BCUT2D eigenvalue weighted by atomic mass is 10.0. The topological polar surface area (TPSA) is 92.8 Å². The molecule has 0 saturated carbocycles. The molecule has 2 N–H and O–H groups in total. The molecule has 8 nitrogen and oxygen atoms in total. The van der Waals surface area contributed by atoms with Crippen molar-refractivity contribution < 1.29 is 19.1 Å². The van der Waals surface area contributed by atoms with E-state index in [-0.39, 0.29) is 11.8 Å². The average molecular weight is 396 g/mol. The molecule has 1 spiro atoms. The van der Waals surface area contributed by atoms with Gasteiger partial charge in [-0.3, -0.25) is 14.6 Å². The smallest absolute Gasteiger partial charge is 0.274 e. The van der Waals surface area contributed by atoms with Crippen molar-refractivity contribution in [1.29, 1.82) is 0 Å². The van der Waals surface area contributed by atoms with Crippen LogP contribution in [-0.2, 0) is 14.3 Å². The van der Waals surface area contributed by atoms with Gasteiger partial charge in [-0.1, -0.05) is 6.07 Å². The molecule has 0 unspecified atom stereocenters. The van der Waals surface area contributed by atoms with E-state index in [1.807, 2.05) is 6.07 Å². The number of carbonyl (C=O) groups is 2. The van der Waals surface area contributed by atoms with Crippen molar-refractivity contribution >= 4 is 28.9 Å². The van der Waals surface area contributed by atoms with Crippen LogP contribution in [-0.4, -0.2) is 48.9 Å². The maximum absolute atomic E-state index is 12.7. The van der Waals surface area contributed by atoms with Crippen LogP contribution in [0.4, 0.5) is 17.1 Å². The van der Waals surface area contributed by atoms with E-state index >= 15 is 0 Å². The Bertz CT molecular complexity index is 901. The predicted octanol–water partition coefficient (Wildman–Crippen LogP) is 2.64. The van der Waals surface area contributed by atoms with Crippen LogP contribution in [0.25, 0.3) is 0 Å². The third-order valence-electron chi connectivity index (χ3n) is 5.12. The largest absolute Gasteiger partial charge is 0.371 e. The number of benzene rings is 1. The predicted molar refractivity (Wildman–Crippen MR) is 109 cm³/mol. The number of anilines is 3. The van der Waals surface area contributed by atoms with Gasteiger partial charge in [0.25, 0.3) is 5.91 Å². The third kappa shape index (κ3) is 4.55. The number of hydrogen-bond donors (Lipinski definition) is 2. The first-order valence-corrected chi connectivity index (χ1v) is 9.71. The Labute approximate surface area is 169 Å². The summed E-state index contributed by atoms with van der Waals surface area (Å²) < 4.78 is 11.6. The van der Waals surface area contributed by atoms with Crippen LogP contribution in [0.2, 0.25) is 0 Å². The van der Waals surface area contributed by atoms with Crippen LogP contribution in [0.1, 0.15) is 30.3 Å². The van der Waals surface area contributed by atoms with E-state index in [1.54, 1.807) is 36.5 Å². The second-order valence-electron chi connectivity index (χ2n) is 7.21. The summed E-state index contributed by atoms with van der Waals surface area (Å²) in [7, 11) is 0. The Morgan fingerprint density at radius 2 is 1.72 bits per heavy atom. The van der Waals surface area contributed by atoms with Crippen LogP contribution in [0.15, 0.2) is 42.6 Å². The Morgan fingerprint density at radius 1 is 1.03 bits per heavy atom. The van der Waals surface area contributed by atoms with Crippen molar-refractivity contribution in [2.24, 2.45) is 0 Å². The summed E-state index contributed by atoms with van der Waals surface area (Å²) in [4.78, 5) is 30.3. The monoisotopic (exact) mass is 396 g/mol. The Balaban J connectivity index is 1.42. The number of ether oxygens (including phenoxy) is 2. The average Bonchev–Trinajstić information content (AvgIpc) is 3.16. The maximum Gasteiger partial charge on any atom is 0.274 e. The molecule has 1 aromatic heterocycles. The molecule has 0 atom stereocenters. The number of piperidine rings is 1. The lowest BCUT2D eigenvalue weighted by Gasteiger charge is -2.38. The number of nitrogens with zero attached hydrogens (tertiary/aromatic N) is 2. The summed E-state index contributed by atoms with van der Waals surface area (Å²) in [5.74, 6) is -0.898. The van der Waals surface area contributed by atoms with Crippen molar-refractivity contribution in [2.45, 2.75) is 25.6 Å². The van der Waals surface area contributed by atoms with Gasteiger partial charge in [0, 0.05) is 56.1 Å². The van der Waals surface area contributed by atoms with Gasteiger partial charge in [0.15, 0.2) is 5.79 Å². The molecule has 2 amide bonds. The fraction of sp³-hybridized carbons (Fsp3) is 0.381. The Kier molecular flexibility index (Phi) is 5.46. The summed E-state index contributed by atoms with van der Waals surface area (Å²) in [5.41, 5.74) is 2.49. The minimum atomic E-state index is -0.428. The van der Waals surface area contributed by atoms with Crippen LogP contribution in [0.3, 0.4) is 0 Å². The maximum atomic E-state index is 12.7. The molecule has 4 rings (SSSR count). The molecule has 8 heteroatoms. The van der Waals surface area contributed by atoms with Crippen LogP contribution >= 0.6 is 0 Å². The molecule has 152 valence electrons. The second kappa shape index (κ2) is 8.18. The minimum Gasteiger partial charge on any atom is -0.371 e. The van der Waals surface area contributed by atoms with Gasteiger partial charge in [-0.2, -0.15) is 0 Å². The molecular weight excluding hydrogens is 372 g/mol. The highest BCUT2D eigenvalue weighted by Crippen LogP contribution is 2.33. The lowest BCUT2D eigenvalue weighted by Crippen LogP contribution is -2.45. The fourth-order valence-corrected chi connectivity index (χ4v) is 3.70. The highest BCUT2D eigenvalue weighted by molar-refractivity contribution is 6.03. The molecule has 2 aliphatic heterocycles. The zero-order valence-electron chi connectivity index (χ0n) is 16.3. The van der Waals surface area contributed by atoms with Crippen molar-refractivity contribution in [2.75, 3.05) is 41.8 Å². The van der Waals surface area contributed by atoms with Crippen molar-refractivity contribution in [1.82, 2.24) is 4.98 Å². The van der Waals surface area contributed by atoms with E-state index in [9.17, 15) is 9.59 Å². The third-order valence-corrected chi connectivity index (χ3v) is 5.12. The summed E-state index contributed by atoms with van der Waals surface area (Å²) in [6.45, 7) is 4.34. The molecule has 2 aliphatic rings. The number of carbonyl (C=O) groups excluding carboxylic acids is 2. The summed E-state index contributed by atoms with van der Waals surface area (Å²) in [6, 6.07) is 10.7. The molecule has 2 saturated heterocycles. The van der Waals surface area contributed by atoms with Crippen molar-refractivity contribution in [3.05, 3.63) is 48.3 Å². The quantitative estimate of drug-likeness (QED) is 0.825. The lowest BCUT2D eigenvalue weighted by molar-refractivity contribution is -0.169. The number of rotatable bonds is 4. The van der Waals surface area contributed by atoms with Crippen LogP contribution < -0.4 is 15.5 Å². The first-order valence-electron chi connectivity index (χ1n) is 9.71. The molecule has 0 radical (unpaired) electrons. The van der Waals surface area contributed by atoms with E-state index in [0.717, 1.165) is 31.6 Å². The Hall–Kier alpha value is -2.97. The highest BCUT2D eigenvalue weighted by atomic mass is 16.7. The molecule has 0 bridgehead atoms. The number of hydrogen-bond acceptors (Lipinski definition) is 6. The number of nitrogens with one attached hydrogen (secondary N) is 2. The summed E-state index contributed by atoms with van der Waals surface area (Å²) >= 11 is 0. The van der Waals surface area contributed by atoms with Crippen LogP contribution in [0.5, 0.6) is 0 Å². The van der Waals surface area contributed by atoms with Gasteiger partial charge in [-0.05, 0) is 30.3 Å². The first kappa shape index (κ1) is 19.4. The summed E-state index contributed by atoms with van der Waals surface area (Å²) in [5, 5.41) is 5.53. The van der Waals surface area contributed by atoms with Gasteiger partial charge < -0.3 is 25.0 Å². The zero-order valence-corrected chi connectivity index (χ0v) is 16.3. The standard InChI is InChI=1S/C21H24N4O4/c1-15(26)23-16-3-2-4-17(13-16)24-20(27)19-14-18(5-8-22-19)25-9-6-21(7-10-25)28-11-12-29-21/h2-5,8,13-14H,6-7,9-12H2,1H3,(H,23,26)(H,24,27). The summed E-state index contributed by atoms with van der Waals surface area (Å²) in [6.07, 6.45) is 3.24. The van der Waals surface area contributed by atoms with E-state index in [0.29, 0.717) is 30.3 Å². The molecule has 1 aromatic carbocycles. The van der Waals surface area contributed by atoms with Gasteiger partial charge in [0.1, 0.15) is 5.69 Å². The zero-order chi connectivity index (χ0) is 20.3. The molecule has 2 fully saturated rings. The number of amides is 2. The van der Waals surface area contributed by atoms with Gasteiger partial charge in [0.2, 0.25) is 5.91 Å². The van der Waals surface area contributed by atoms with E-state index in [2.05, 4.69) is 20.5 Å². The van der Waals surface area contributed by atoms with Gasteiger partial charge >= 0.3 is 0 Å². The Morgan fingerprint density at radius 3 is 2.41 bits per heavy atom. The number of pyridine rings is 1. The second-order valence-corrected chi connectivity index (χ2v) is 7.21. The van der Waals surface area contributed by atoms with Crippen molar-refractivity contribution in [3.8, 4) is 0 Å². The molecule has 2 aromatic rings. The van der Waals surface area contributed by atoms with Gasteiger partial charge in [-0.15, -0.1) is 0 Å². The van der Waals surface area contributed by atoms with Gasteiger partial charge in [-0.25, -0.2) is 0 Å². The highest BCUT2D eigenvalue weighted by Gasteiger charge is 2.39. The normalized spacial score (nSPS) is 17.9. The van der Waals surface area contributed by atoms with E-state index in [1.165, 1.54) is 6.92 Å². The SMILES string of the molecule is CC(=O)Nc1cccc(NC(=O)c2cc(N3CCC4(CC3)OCCO4)ccn2)c1. The number of aromatic nitrogens is 1. The minimum absolute atomic E-state index is 0.167. The van der Waals surface area contributed by atoms with Gasteiger partial charge in [0.05, 0.1) is 13.2 Å².